The minimum atomic E-state index is -0.608. The summed E-state index contributed by atoms with van der Waals surface area (Å²) in [5.74, 6) is 0.549. The van der Waals surface area contributed by atoms with Gasteiger partial charge in [-0.15, -0.1) is 0 Å². The highest BCUT2D eigenvalue weighted by atomic mass is 16.1. The van der Waals surface area contributed by atoms with Crippen LogP contribution >= 0.6 is 0 Å². The van der Waals surface area contributed by atoms with E-state index in [1.54, 1.807) is 0 Å². The Bertz CT molecular complexity index is 264. The largest absolute Gasteiger partial charge is 0.368 e. The first kappa shape index (κ1) is 15.4. The van der Waals surface area contributed by atoms with Crippen LogP contribution in [0, 0.1) is 5.92 Å². The van der Waals surface area contributed by atoms with Crippen LogP contribution in [0.25, 0.3) is 0 Å². The van der Waals surface area contributed by atoms with Crippen molar-refractivity contribution in [3.63, 3.8) is 0 Å². The van der Waals surface area contributed by atoms with Crippen molar-refractivity contribution in [3.8, 4) is 0 Å². The fraction of sp³-hybridized carbons (Fsp3) is 0.929. The van der Waals surface area contributed by atoms with Crippen LogP contribution in [0.4, 0.5) is 0 Å². The van der Waals surface area contributed by atoms with E-state index in [-0.39, 0.29) is 5.91 Å². The molecule has 106 valence electrons. The summed E-state index contributed by atoms with van der Waals surface area (Å²) in [6.07, 6.45) is 6.40. The molecule has 0 heterocycles. The van der Waals surface area contributed by atoms with Crippen molar-refractivity contribution in [3.05, 3.63) is 0 Å². The van der Waals surface area contributed by atoms with Crippen LogP contribution in [-0.4, -0.2) is 43.0 Å². The van der Waals surface area contributed by atoms with Gasteiger partial charge in [0, 0.05) is 13.1 Å². The molecule has 3 N–H and O–H groups in total. The third kappa shape index (κ3) is 4.58. The Morgan fingerprint density at radius 2 is 2.06 bits per heavy atom. The lowest BCUT2D eigenvalue weighted by Crippen LogP contribution is -2.59. The third-order valence-electron chi connectivity index (χ3n) is 3.94. The predicted octanol–water partition coefficient (Wildman–Crippen LogP) is 1.35. The van der Waals surface area contributed by atoms with Crippen molar-refractivity contribution in [2.45, 2.75) is 51.5 Å². The van der Waals surface area contributed by atoms with Gasteiger partial charge in [-0.05, 0) is 45.7 Å². The molecule has 0 aromatic rings. The number of hydrogen-bond acceptors (Lipinski definition) is 3. The molecule has 1 rings (SSSR count). The number of hydrogen-bond donors (Lipinski definition) is 2. The summed E-state index contributed by atoms with van der Waals surface area (Å²) in [5.41, 5.74) is 4.93. The standard InChI is InChI=1S/C14H29N3O/c1-4-9-16-14(2,13(15)18)11-17(3)10-12-7-5-6-8-12/h12,16H,4-11H2,1-3H3,(H2,15,18). The van der Waals surface area contributed by atoms with E-state index in [0.717, 1.165) is 25.4 Å². The second kappa shape index (κ2) is 7.10. The number of rotatable bonds is 8. The van der Waals surface area contributed by atoms with Gasteiger partial charge in [-0.3, -0.25) is 4.79 Å². The van der Waals surface area contributed by atoms with Gasteiger partial charge in [0.05, 0.1) is 0 Å². The number of amides is 1. The summed E-state index contributed by atoms with van der Waals surface area (Å²) < 4.78 is 0. The van der Waals surface area contributed by atoms with Crippen molar-refractivity contribution < 1.29 is 4.79 Å². The summed E-state index contributed by atoms with van der Waals surface area (Å²) in [6, 6.07) is 0. The molecule has 0 radical (unpaired) electrons. The Morgan fingerprint density at radius 3 is 2.56 bits per heavy atom. The van der Waals surface area contributed by atoms with Gasteiger partial charge in [0.25, 0.3) is 0 Å². The average molecular weight is 255 g/mol. The van der Waals surface area contributed by atoms with Crippen molar-refractivity contribution in [1.29, 1.82) is 0 Å². The van der Waals surface area contributed by atoms with Crippen molar-refractivity contribution in [2.24, 2.45) is 11.7 Å². The lowest BCUT2D eigenvalue weighted by Gasteiger charge is -2.33. The molecule has 1 aliphatic rings. The first-order valence-electron chi connectivity index (χ1n) is 7.21. The van der Waals surface area contributed by atoms with E-state index >= 15 is 0 Å². The lowest BCUT2D eigenvalue weighted by atomic mass is 9.99. The third-order valence-corrected chi connectivity index (χ3v) is 3.94. The minimum Gasteiger partial charge on any atom is -0.368 e. The molecule has 4 nitrogen and oxygen atoms in total. The van der Waals surface area contributed by atoms with Crippen LogP contribution in [0.5, 0.6) is 0 Å². The molecule has 1 aliphatic carbocycles. The molecule has 0 aromatic heterocycles. The highest BCUT2D eigenvalue weighted by Crippen LogP contribution is 2.25. The van der Waals surface area contributed by atoms with Crippen LogP contribution in [0.15, 0.2) is 0 Å². The van der Waals surface area contributed by atoms with Gasteiger partial charge in [-0.1, -0.05) is 19.8 Å². The van der Waals surface area contributed by atoms with Gasteiger partial charge in [0.1, 0.15) is 5.54 Å². The van der Waals surface area contributed by atoms with E-state index in [1.165, 1.54) is 25.7 Å². The zero-order chi connectivity index (χ0) is 13.6. The highest BCUT2D eigenvalue weighted by Gasteiger charge is 2.32. The van der Waals surface area contributed by atoms with Gasteiger partial charge in [-0.25, -0.2) is 0 Å². The quantitative estimate of drug-likeness (QED) is 0.688. The molecule has 1 atom stereocenters. The fourth-order valence-electron chi connectivity index (χ4n) is 2.86. The topological polar surface area (TPSA) is 58.4 Å². The average Bonchev–Trinajstić information content (AvgIpc) is 2.78. The first-order chi connectivity index (χ1) is 8.48. The Balaban J connectivity index is 2.45. The highest BCUT2D eigenvalue weighted by molar-refractivity contribution is 5.84. The van der Waals surface area contributed by atoms with E-state index in [2.05, 4.69) is 24.2 Å². The number of carbonyl (C=O) groups is 1. The number of nitrogens with two attached hydrogens (primary N) is 1. The monoisotopic (exact) mass is 255 g/mol. The van der Waals surface area contributed by atoms with E-state index in [1.807, 2.05) is 6.92 Å². The van der Waals surface area contributed by atoms with Crippen LogP contribution in [0.2, 0.25) is 0 Å². The maximum atomic E-state index is 11.6. The van der Waals surface area contributed by atoms with Crippen LogP contribution in [0.3, 0.4) is 0 Å². The molecule has 0 bridgehead atoms. The van der Waals surface area contributed by atoms with Crippen LogP contribution < -0.4 is 11.1 Å². The van der Waals surface area contributed by atoms with E-state index in [9.17, 15) is 4.79 Å². The fourth-order valence-corrected chi connectivity index (χ4v) is 2.86. The lowest BCUT2D eigenvalue weighted by molar-refractivity contribution is -0.124. The normalized spacial score (nSPS) is 20.2. The molecule has 1 amide bonds. The van der Waals surface area contributed by atoms with Crippen molar-refractivity contribution in [2.75, 3.05) is 26.7 Å². The Labute approximate surface area is 111 Å². The van der Waals surface area contributed by atoms with Gasteiger partial charge >= 0.3 is 0 Å². The molecule has 0 spiro atoms. The summed E-state index contributed by atoms with van der Waals surface area (Å²) in [4.78, 5) is 13.9. The summed E-state index contributed by atoms with van der Waals surface area (Å²) >= 11 is 0. The van der Waals surface area contributed by atoms with Gasteiger partial charge < -0.3 is 16.0 Å². The Hall–Kier alpha value is -0.610. The maximum Gasteiger partial charge on any atom is 0.238 e. The molecular weight excluding hydrogens is 226 g/mol. The first-order valence-corrected chi connectivity index (χ1v) is 7.21. The van der Waals surface area contributed by atoms with E-state index in [0.29, 0.717) is 6.54 Å². The van der Waals surface area contributed by atoms with Crippen molar-refractivity contribution >= 4 is 5.91 Å². The maximum absolute atomic E-state index is 11.6. The van der Waals surface area contributed by atoms with E-state index < -0.39 is 5.54 Å². The second-order valence-corrected chi connectivity index (χ2v) is 5.97. The summed E-state index contributed by atoms with van der Waals surface area (Å²) in [6.45, 7) is 6.61. The zero-order valence-electron chi connectivity index (χ0n) is 12.2. The number of likely N-dealkylation sites (N-methyl/N-ethyl adjacent to an activating group) is 1. The Kier molecular flexibility index (Phi) is 6.09. The molecule has 0 saturated heterocycles. The molecule has 18 heavy (non-hydrogen) atoms. The van der Waals surface area contributed by atoms with Gasteiger partial charge in [0.15, 0.2) is 0 Å². The molecule has 1 saturated carbocycles. The van der Waals surface area contributed by atoms with Gasteiger partial charge in [-0.2, -0.15) is 0 Å². The number of primary amides is 1. The SMILES string of the molecule is CCCNC(C)(CN(C)CC1CCCC1)C(N)=O. The molecule has 0 aromatic carbocycles. The van der Waals surface area contributed by atoms with Crippen LogP contribution in [-0.2, 0) is 4.79 Å². The number of carbonyl (C=O) groups excluding carboxylic acids is 1. The van der Waals surface area contributed by atoms with Crippen LogP contribution in [0.1, 0.15) is 46.0 Å². The molecule has 1 fully saturated rings. The summed E-state index contributed by atoms with van der Waals surface area (Å²) in [5, 5.41) is 3.28. The second-order valence-electron chi connectivity index (χ2n) is 5.97. The van der Waals surface area contributed by atoms with Crippen molar-refractivity contribution in [1.82, 2.24) is 10.2 Å². The Morgan fingerprint density at radius 1 is 1.44 bits per heavy atom. The molecule has 0 aliphatic heterocycles. The molecule has 4 heteroatoms. The number of nitrogens with zero attached hydrogens (tertiary/aromatic N) is 1. The van der Waals surface area contributed by atoms with E-state index in [4.69, 9.17) is 5.73 Å². The molecular formula is C14H29N3O. The summed E-state index contributed by atoms with van der Waals surface area (Å²) in [7, 11) is 2.09. The van der Waals surface area contributed by atoms with Gasteiger partial charge in [0.2, 0.25) is 5.91 Å². The number of nitrogens with one attached hydrogen (secondary N) is 1. The smallest absolute Gasteiger partial charge is 0.238 e. The minimum absolute atomic E-state index is 0.255. The zero-order valence-corrected chi connectivity index (χ0v) is 12.2. The predicted molar refractivity (Wildman–Crippen MR) is 75.3 cm³/mol. The molecule has 1 unspecified atom stereocenters.